The fraction of sp³-hybridized carbons (Fsp3) is 0.0566. The van der Waals surface area contributed by atoms with Gasteiger partial charge in [-0.15, -0.1) is 0 Å². The van der Waals surface area contributed by atoms with Crippen LogP contribution in [-0.4, -0.2) is 0 Å². The third-order valence-electron chi connectivity index (χ3n) is 11.9. The van der Waals surface area contributed by atoms with Crippen molar-refractivity contribution in [1.29, 1.82) is 0 Å². The quantitative estimate of drug-likeness (QED) is 0.177. The van der Waals surface area contributed by atoms with E-state index in [2.05, 4.69) is 207 Å². The molecule has 0 saturated carbocycles. The van der Waals surface area contributed by atoms with E-state index >= 15 is 0 Å². The van der Waals surface area contributed by atoms with Crippen LogP contribution in [0, 0.1) is 0 Å². The van der Waals surface area contributed by atoms with Gasteiger partial charge in [-0.25, -0.2) is 0 Å². The lowest BCUT2D eigenvalue weighted by Crippen LogP contribution is -2.16. The van der Waals surface area contributed by atoms with Crippen LogP contribution in [0.3, 0.4) is 0 Å². The SMILES string of the molecule is CC1(C)c2ccccc2-c2c(N(c3ccc(-c4ccc5ccccc5c4)cc3)c3ccc(-c4ccc5oc6c7ccccc7ccc6c5c4)cc3)cccc21. The van der Waals surface area contributed by atoms with Crippen molar-refractivity contribution in [2.24, 2.45) is 0 Å². The van der Waals surface area contributed by atoms with Crippen LogP contribution in [-0.2, 0) is 5.41 Å². The molecule has 1 aromatic heterocycles. The highest BCUT2D eigenvalue weighted by Crippen LogP contribution is 2.54. The minimum absolute atomic E-state index is 0.0976. The third-order valence-corrected chi connectivity index (χ3v) is 11.9. The normalized spacial score (nSPS) is 13.1. The molecule has 2 nitrogen and oxygen atoms in total. The molecule has 9 aromatic carbocycles. The van der Waals surface area contributed by atoms with Crippen LogP contribution in [0.25, 0.3) is 76.9 Å². The summed E-state index contributed by atoms with van der Waals surface area (Å²) in [5.41, 5.74) is 15.2. The molecule has 0 amide bonds. The molecular formula is C53H37NO. The number of anilines is 3. The topological polar surface area (TPSA) is 16.4 Å². The Bertz CT molecular complexity index is 3110. The van der Waals surface area contributed by atoms with E-state index in [1.54, 1.807) is 0 Å². The molecule has 0 spiro atoms. The largest absolute Gasteiger partial charge is 0.455 e. The molecule has 0 radical (unpaired) electrons. The summed E-state index contributed by atoms with van der Waals surface area (Å²) in [6.45, 7) is 4.70. The number of fused-ring (bicyclic) bond motifs is 9. The van der Waals surface area contributed by atoms with Gasteiger partial charge in [-0.05, 0) is 110 Å². The van der Waals surface area contributed by atoms with Crippen molar-refractivity contribution in [3.05, 3.63) is 199 Å². The van der Waals surface area contributed by atoms with Gasteiger partial charge in [0.25, 0.3) is 0 Å². The number of nitrogens with zero attached hydrogens (tertiary/aromatic N) is 1. The van der Waals surface area contributed by atoms with Gasteiger partial charge in [-0.1, -0.05) is 147 Å². The van der Waals surface area contributed by atoms with Gasteiger partial charge >= 0.3 is 0 Å². The van der Waals surface area contributed by atoms with Crippen LogP contribution < -0.4 is 4.90 Å². The Kier molecular flexibility index (Phi) is 6.93. The summed E-state index contributed by atoms with van der Waals surface area (Å²) in [5, 5.41) is 7.12. The Morgan fingerprint density at radius 2 is 1.02 bits per heavy atom. The van der Waals surface area contributed by atoms with Crippen LogP contribution in [0.5, 0.6) is 0 Å². The first-order chi connectivity index (χ1) is 27.0. The smallest absolute Gasteiger partial charge is 0.143 e. The molecule has 1 aliphatic carbocycles. The lowest BCUT2D eigenvalue weighted by atomic mass is 9.82. The van der Waals surface area contributed by atoms with Crippen LogP contribution in [0.2, 0.25) is 0 Å². The Hall–Kier alpha value is -6.90. The Balaban J connectivity index is 1.03. The van der Waals surface area contributed by atoms with Crippen LogP contribution in [0.4, 0.5) is 17.1 Å². The molecule has 0 N–H and O–H groups in total. The lowest BCUT2D eigenvalue weighted by Gasteiger charge is -2.29. The molecule has 260 valence electrons. The van der Waals surface area contributed by atoms with Crippen molar-refractivity contribution in [2.75, 3.05) is 4.90 Å². The predicted molar refractivity (Wildman–Crippen MR) is 232 cm³/mol. The predicted octanol–water partition coefficient (Wildman–Crippen LogP) is 15.0. The molecule has 0 aliphatic heterocycles. The molecule has 1 aliphatic rings. The Morgan fingerprint density at radius 3 is 1.80 bits per heavy atom. The molecule has 10 aromatic rings. The zero-order valence-electron chi connectivity index (χ0n) is 30.8. The molecule has 2 heteroatoms. The monoisotopic (exact) mass is 703 g/mol. The van der Waals surface area contributed by atoms with E-state index in [1.165, 1.54) is 55.2 Å². The first-order valence-electron chi connectivity index (χ1n) is 19.1. The van der Waals surface area contributed by atoms with Crippen molar-refractivity contribution in [3.8, 4) is 33.4 Å². The summed E-state index contributed by atoms with van der Waals surface area (Å²) in [5.74, 6) is 0. The highest BCUT2D eigenvalue weighted by molar-refractivity contribution is 6.15. The summed E-state index contributed by atoms with van der Waals surface area (Å²) >= 11 is 0. The molecule has 11 rings (SSSR count). The Labute approximate surface area is 320 Å². The van der Waals surface area contributed by atoms with E-state index < -0.39 is 0 Å². The summed E-state index contributed by atoms with van der Waals surface area (Å²) in [6.07, 6.45) is 0. The maximum absolute atomic E-state index is 6.43. The van der Waals surface area contributed by atoms with Crippen molar-refractivity contribution in [1.82, 2.24) is 0 Å². The summed E-state index contributed by atoms with van der Waals surface area (Å²) in [6, 6.07) is 68.5. The van der Waals surface area contributed by atoms with Crippen molar-refractivity contribution in [3.63, 3.8) is 0 Å². The molecule has 0 fully saturated rings. The maximum Gasteiger partial charge on any atom is 0.143 e. The van der Waals surface area contributed by atoms with Gasteiger partial charge in [0.05, 0.1) is 5.69 Å². The van der Waals surface area contributed by atoms with Crippen molar-refractivity contribution >= 4 is 60.5 Å². The summed E-state index contributed by atoms with van der Waals surface area (Å²) in [4.78, 5) is 2.43. The molecule has 0 saturated heterocycles. The first-order valence-corrected chi connectivity index (χ1v) is 19.1. The van der Waals surface area contributed by atoms with Gasteiger partial charge in [0.1, 0.15) is 11.2 Å². The second-order valence-corrected chi connectivity index (χ2v) is 15.3. The number of hydrogen-bond donors (Lipinski definition) is 0. The minimum atomic E-state index is -0.0976. The molecule has 0 atom stereocenters. The second kappa shape index (κ2) is 12.1. The van der Waals surface area contributed by atoms with Gasteiger partial charge in [0.15, 0.2) is 0 Å². The lowest BCUT2D eigenvalue weighted by molar-refractivity contribution is 0.660. The van der Waals surface area contributed by atoms with E-state index in [0.29, 0.717) is 0 Å². The highest BCUT2D eigenvalue weighted by Gasteiger charge is 2.37. The Morgan fingerprint density at radius 1 is 0.418 bits per heavy atom. The van der Waals surface area contributed by atoms with Crippen LogP contribution >= 0.6 is 0 Å². The zero-order valence-corrected chi connectivity index (χ0v) is 30.8. The molecule has 0 unspecified atom stereocenters. The van der Waals surface area contributed by atoms with E-state index in [0.717, 1.165) is 49.8 Å². The number of furan rings is 1. The molecule has 1 heterocycles. The van der Waals surface area contributed by atoms with Gasteiger partial charge in [0, 0.05) is 38.5 Å². The van der Waals surface area contributed by atoms with Crippen LogP contribution in [0.1, 0.15) is 25.0 Å². The zero-order chi connectivity index (χ0) is 36.7. The van der Waals surface area contributed by atoms with E-state index in [1.807, 2.05) is 0 Å². The van der Waals surface area contributed by atoms with E-state index in [9.17, 15) is 0 Å². The average Bonchev–Trinajstić information content (AvgIpc) is 3.73. The van der Waals surface area contributed by atoms with Crippen LogP contribution in [0.15, 0.2) is 192 Å². The average molecular weight is 704 g/mol. The number of hydrogen-bond acceptors (Lipinski definition) is 2. The first kappa shape index (κ1) is 31.6. The van der Waals surface area contributed by atoms with Gasteiger partial charge in [-0.2, -0.15) is 0 Å². The maximum atomic E-state index is 6.43. The molecule has 0 bridgehead atoms. The molecule has 55 heavy (non-hydrogen) atoms. The fourth-order valence-corrected chi connectivity index (χ4v) is 9.01. The summed E-state index contributed by atoms with van der Waals surface area (Å²) in [7, 11) is 0. The van der Waals surface area contributed by atoms with Crippen molar-refractivity contribution in [2.45, 2.75) is 19.3 Å². The number of rotatable bonds is 5. The second-order valence-electron chi connectivity index (χ2n) is 15.3. The third kappa shape index (κ3) is 4.95. The number of benzene rings is 9. The van der Waals surface area contributed by atoms with Gasteiger partial charge < -0.3 is 9.32 Å². The fourth-order valence-electron chi connectivity index (χ4n) is 9.01. The van der Waals surface area contributed by atoms with Crippen molar-refractivity contribution < 1.29 is 4.42 Å². The van der Waals surface area contributed by atoms with E-state index in [4.69, 9.17) is 4.42 Å². The van der Waals surface area contributed by atoms with Gasteiger partial charge in [-0.3, -0.25) is 0 Å². The molecular weight excluding hydrogens is 667 g/mol. The summed E-state index contributed by atoms with van der Waals surface area (Å²) < 4.78 is 6.43. The standard InChI is InChI=1S/C53H37NO/c1-53(2)47-15-8-7-14-45(47)51-48(53)16-9-17-49(51)54(41-26-20-35(21-27-41)39-19-18-34-10-3-4-12-38(34)32-39)42-28-22-36(23-29-42)40-25-31-50-46(33-40)44-30-24-37-11-5-6-13-43(37)52(44)55-50/h3-33H,1-2H3. The van der Waals surface area contributed by atoms with E-state index in [-0.39, 0.29) is 5.41 Å². The van der Waals surface area contributed by atoms with Gasteiger partial charge in [0.2, 0.25) is 0 Å². The minimum Gasteiger partial charge on any atom is -0.455 e. The highest BCUT2D eigenvalue weighted by atomic mass is 16.3.